The fourth-order valence-electron chi connectivity index (χ4n) is 1.15. The highest BCUT2D eigenvalue weighted by atomic mass is 32.2. The zero-order chi connectivity index (χ0) is 11.1. The molecule has 1 rings (SSSR count). The number of thioether (sulfide) groups is 2. The first-order chi connectivity index (χ1) is 7.27. The van der Waals surface area contributed by atoms with Crippen LogP contribution in [0.2, 0.25) is 0 Å². The standard InChI is InChI=1S/C12H14OS2/c1-3-11(15-12(13)14-4-2)10-8-6-5-7-9-10/h3,5-9,11H,1,4H2,2H3/t11-/m0/s1. The predicted octanol–water partition coefficient (Wildman–Crippen LogP) is 4.52. The average Bonchev–Trinajstić information content (AvgIpc) is 2.27. The molecule has 0 bridgehead atoms. The van der Waals surface area contributed by atoms with E-state index in [1.165, 1.54) is 23.5 Å². The van der Waals surface area contributed by atoms with E-state index >= 15 is 0 Å². The molecule has 3 heteroatoms. The van der Waals surface area contributed by atoms with Crippen molar-refractivity contribution in [3.8, 4) is 0 Å². The Balaban J connectivity index is 2.65. The molecule has 0 heterocycles. The lowest BCUT2D eigenvalue weighted by Gasteiger charge is -2.10. The van der Waals surface area contributed by atoms with E-state index in [-0.39, 0.29) is 9.70 Å². The second kappa shape index (κ2) is 6.75. The first-order valence-corrected chi connectivity index (χ1v) is 6.65. The Bertz CT molecular complexity index is 322. The molecule has 1 nitrogen and oxygen atoms in total. The molecule has 0 aliphatic rings. The van der Waals surface area contributed by atoms with Gasteiger partial charge in [-0.25, -0.2) is 0 Å². The summed E-state index contributed by atoms with van der Waals surface area (Å²) in [6.45, 7) is 5.75. The first kappa shape index (κ1) is 12.4. The third kappa shape index (κ3) is 4.14. The molecule has 0 aliphatic carbocycles. The molecular formula is C12H14OS2. The zero-order valence-electron chi connectivity index (χ0n) is 8.68. The Morgan fingerprint density at radius 1 is 1.47 bits per heavy atom. The molecule has 0 saturated heterocycles. The van der Waals surface area contributed by atoms with Crippen molar-refractivity contribution in [3.63, 3.8) is 0 Å². The second-order valence-electron chi connectivity index (χ2n) is 2.87. The van der Waals surface area contributed by atoms with Crippen LogP contribution in [0.4, 0.5) is 4.79 Å². The van der Waals surface area contributed by atoms with Crippen molar-refractivity contribution in [1.29, 1.82) is 0 Å². The van der Waals surface area contributed by atoms with Crippen LogP contribution in [-0.4, -0.2) is 10.2 Å². The molecule has 1 atom stereocenters. The van der Waals surface area contributed by atoms with Crippen LogP contribution in [0, 0.1) is 0 Å². The highest BCUT2D eigenvalue weighted by molar-refractivity contribution is 8.38. The molecule has 0 amide bonds. The smallest absolute Gasteiger partial charge is 0.246 e. The number of carbonyl (C=O) groups excluding carboxylic acids is 1. The summed E-state index contributed by atoms with van der Waals surface area (Å²) in [6, 6.07) is 9.96. The highest BCUT2D eigenvalue weighted by Gasteiger charge is 2.12. The lowest BCUT2D eigenvalue weighted by molar-refractivity contribution is 0.276. The summed E-state index contributed by atoms with van der Waals surface area (Å²) in [4.78, 5) is 11.5. The van der Waals surface area contributed by atoms with Gasteiger partial charge in [0, 0.05) is 0 Å². The van der Waals surface area contributed by atoms with Crippen LogP contribution in [0.15, 0.2) is 43.0 Å². The van der Waals surface area contributed by atoms with E-state index < -0.39 is 0 Å². The van der Waals surface area contributed by atoms with Crippen LogP contribution in [-0.2, 0) is 0 Å². The monoisotopic (exact) mass is 238 g/mol. The fraction of sp³-hybridized carbons (Fsp3) is 0.250. The summed E-state index contributed by atoms with van der Waals surface area (Å²) in [6.07, 6.45) is 1.81. The molecular weight excluding hydrogens is 224 g/mol. The van der Waals surface area contributed by atoms with Crippen LogP contribution in [0.5, 0.6) is 0 Å². The minimum Gasteiger partial charge on any atom is -0.274 e. The first-order valence-electron chi connectivity index (χ1n) is 4.78. The van der Waals surface area contributed by atoms with Gasteiger partial charge in [0.1, 0.15) is 0 Å². The van der Waals surface area contributed by atoms with Gasteiger partial charge in [0.05, 0.1) is 5.25 Å². The van der Waals surface area contributed by atoms with Gasteiger partial charge in [-0.1, -0.05) is 66.9 Å². The summed E-state index contributed by atoms with van der Waals surface area (Å²) in [5, 5.41) is 0.0674. The summed E-state index contributed by atoms with van der Waals surface area (Å²) in [5.74, 6) is 0.824. The number of hydrogen-bond donors (Lipinski definition) is 0. The molecule has 0 saturated carbocycles. The van der Waals surface area contributed by atoms with Crippen molar-refractivity contribution < 1.29 is 4.79 Å². The van der Waals surface area contributed by atoms with Gasteiger partial charge in [0.15, 0.2) is 0 Å². The number of benzene rings is 1. The van der Waals surface area contributed by atoms with Gasteiger partial charge in [-0.15, -0.1) is 6.58 Å². The summed E-state index contributed by atoms with van der Waals surface area (Å²) in [5.41, 5.74) is 1.13. The van der Waals surface area contributed by atoms with Crippen LogP contribution < -0.4 is 0 Å². The molecule has 0 spiro atoms. The van der Waals surface area contributed by atoms with E-state index in [4.69, 9.17) is 0 Å². The van der Waals surface area contributed by atoms with Gasteiger partial charge in [-0.3, -0.25) is 4.79 Å². The molecule has 80 valence electrons. The van der Waals surface area contributed by atoms with Crippen LogP contribution >= 0.6 is 23.5 Å². The van der Waals surface area contributed by atoms with Crippen LogP contribution in [0.1, 0.15) is 17.7 Å². The largest absolute Gasteiger partial charge is 0.274 e. The Labute approximate surface area is 99.3 Å². The fourth-order valence-corrected chi connectivity index (χ4v) is 2.92. The van der Waals surface area contributed by atoms with Crippen LogP contribution in [0.3, 0.4) is 0 Å². The highest BCUT2D eigenvalue weighted by Crippen LogP contribution is 2.33. The molecule has 0 aliphatic heterocycles. The molecule has 0 unspecified atom stereocenters. The normalized spacial score (nSPS) is 12.1. The maximum absolute atomic E-state index is 11.5. The quantitative estimate of drug-likeness (QED) is 0.718. The Morgan fingerprint density at radius 2 is 2.13 bits per heavy atom. The van der Waals surface area contributed by atoms with Crippen molar-refractivity contribution in [1.82, 2.24) is 0 Å². The maximum Gasteiger partial charge on any atom is 0.246 e. The average molecular weight is 238 g/mol. The predicted molar refractivity (Wildman–Crippen MR) is 70.5 cm³/mol. The Morgan fingerprint density at radius 3 is 2.67 bits per heavy atom. The molecule has 0 aromatic heterocycles. The van der Waals surface area contributed by atoms with E-state index in [2.05, 4.69) is 6.58 Å². The summed E-state index contributed by atoms with van der Waals surface area (Å²) < 4.78 is 0.159. The zero-order valence-corrected chi connectivity index (χ0v) is 10.3. The Hall–Kier alpha value is -0.670. The van der Waals surface area contributed by atoms with Gasteiger partial charge < -0.3 is 0 Å². The number of rotatable bonds is 4. The lowest BCUT2D eigenvalue weighted by atomic mass is 10.1. The van der Waals surface area contributed by atoms with E-state index in [0.717, 1.165) is 11.3 Å². The minimum absolute atomic E-state index is 0.0674. The number of hydrogen-bond acceptors (Lipinski definition) is 3. The molecule has 1 aromatic carbocycles. The van der Waals surface area contributed by atoms with Gasteiger partial charge in [0.25, 0.3) is 0 Å². The maximum atomic E-state index is 11.5. The molecule has 0 fully saturated rings. The van der Waals surface area contributed by atoms with Crippen molar-refractivity contribution >= 4 is 28.0 Å². The van der Waals surface area contributed by atoms with Crippen molar-refractivity contribution in [2.75, 3.05) is 5.75 Å². The molecule has 1 aromatic rings. The lowest BCUT2D eigenvalue weighted by Crippen LogP contribution is -1.93. The SMILES string of the molecule is C=C[C@H](SC(=O)SCC)c1ccccc1. The molecule has 15 heavy (non-hydrogen) atoms. The van der Waals surface area contributed by atoms with Gasteiger partial charge in [-0.05, 0) is 11.3 Å². The van der Waals surface area contributed by atoms with Gasteiger partial charge in [0.2, 0.25) is 4.45 Å². The molecule has 0 N–H and O–H groups in total. The van der Waals surface area contributed by atoms with E-state index in [1.54, 1.807) is 0 Å². The topological polar surface area (TPSA) is 17.1 Å². The van der Waals surface area contributed by atoms with E-state index in [9.17, 15) is 4.79 Å². The van der Waals surface area contributed by atoms with Gasteiger partial charge >= 0.3 is 0 Å². The summed E-state index contributed by atoms with van der Waals surface area (Å²) in [7, 11) is 0. The third-order valence-corrected chi connectivity index (χ3v) is 3.91. The Kier molecular flexibility index (Phi) is 5.58. The van der Waals surface area contributed by atoms with Gasteiger partial charge in [-0.2, -0.15) is 0 Å². The third-order valence-electron chi connectivity index (χ3n) is 1.83. The van der Waals surface area contributed by atoms with E-state index in [0.29, 0.717) is 0 Å². The second-order valence-corrected chi connectivity index (χ2v) is 5.48. The van der Waals surface area contributed by atoms with Crippen molar-refractivity contribution in [3.05, 3.63) is 48.6 Å². The van der Waals surface area contributed by atoms with E-state index in [1.807, 2.05) is 43.3 Å². The van der Waals surface area contributed by atoms with Crippen molar-refractivity contribution in [2.45, 2.75) is 12.2 Å². The number of carbonyl (C=O) groups is 1. The summed E-state index contributed by atoms with van der Waals surface area (Å²) >= 11 is 2.67. The molecule has 0 radical (unpaired) electrons. The van der Waals surface area contributed by atoms with Crippen molar-refractivity contribution in [2.24, 2.45) is 0 Å². The minimum atomic E-state index is 0.0674. The van der Waals surface area contributed by atoms with Crippen LogP contribution in [0.25, 0.3) is 0 Å².